The van der Waals surface area contributed by atoms with Gasteiger partial charge < -0.3 is 19.7 Å². The van der Waals surface area contributed by atoms with E-state index in [9.17, 15) is 0 Å². The van der Waals surface area contributed by atoms with Crippen molar-refractivity contribution in [2.24, 2.45) is 5.16 Å². The second-order valence-corrected chi connectivity index (χ2v) is 8.38. The third-order valence-electron chi connectivity index (χ3n) is 5.82. The molecule has 0 bridgehead atoms. The number of nitrogens with zero attached hydrogens (tertiary/aromatic N) is 6. The van der Waals surface area contributed by atoms with Crippen molar-refractivity contribution in [1.29, 1.82) is 10.8 Å². The molecule has 10 nitrogen and oxygen atoms in total. The fraction of sp³-hybridized carbons (Fsp3) is 0.375. The molecule has 1 aromatic carbocycles. The summed E-state index contributed by atoms with van der Waals surface area (Å²) in [6.45, 7) is 5.72. The van der Waals surface area contributed by atoms with Crippen LogP contribution in [0.2, 0.25) is 0 Å². The van der Waals surface area contributed by atoms with Crippen molar-refractivity contribution >= 4 is 28.1 Å². The smallest absolute Gasteiger partial charge is 0.148 e. The molecule has 3 heterocycles. The Morgan fingerprint density at radius 3 is 2.71 bits per heavy atom. The normalized spacial score (nSPS) is 15.0. The number of aliphatic hydroxyl groups is 1. The van der Waals surface area contributed by atoms with Crippen molar-refractivity contribution in [3.63, 3.8) is 0 Å². The lowest BCUT2D eigenvalue weighted by atomic mass is 10.1. The van der Waals surface area contributed by atoms with E-state index in [4.69, 9.17) is 20.8 Å². The lowest BCUT2D eigenvalue weighted by molar-refractivity contribution is 0.0986. The molecular weight excluding hydrogens is 432 g/mol. The van der Waals surface area contributed by atoms with E-state index < -0.39 is 0 Å². The largest absolute Gasteiger partial charge is 0.393 e. The summed E-state index contributed by atoms with van der Waals surface area (Å²) >= 11 is 0. The van der Waals surface area contributed by atoms with Crippen LogP contribution in [0.3, 0.4) is 0 Å². The monoisotopic (exact) mass is 462 g/mol. The van der Waals surface area contributed by atoms with Crippen LogP contribution in [-0.4, -0.2) is 82.8 Å². The second-order valence-electron chi connectivity index (χ2n) is 8.38. The van der Waals surface area contributed by atoms with Crippen molar-refractivity contribution in [3.05, 3.63) is 59.3 Å². The number of pyridine rings is 1. The van der Waals surface area contributed by atoms with Crippen LogP contribution < -0.4 is 10.4 Å². The highest BCUT2D eigenvalue weighted by molar-refractivity contribution is 5.96. The molecule has 0 spiro atoms. The van der Waals surface area contributed by atoms with E-state index in [0.717, 1.165) is 48.3 Å². The first-order chi connectivity index (χ1) is 16.4. The van der Waals surface area contributed by atoms with Gasteiger partial charge in [-0.1, -0.05) is 11.2 Å². The molecule has 1 aliphatic heterocycles. The van der Waals surface area contributed by atoms with E-state index >= 15 is 0 Å². The van der Waals surface area contributed by atoms with E-state index in [1.807, 2.05) is 18.3 Å². The number of anilines is 1. The average molecular weight is 463 g/mol. The minimum absolute atomic E-state index is 0.0943. The van der Waals surface area contributed by atoms with Crippen LogP contribution >= 0.6 is 0 Å². The van der Waals surface area contributed by atoms with Gasteiger partial charge >= 0.3 is 0 Å². The Morgan fingerprint density at radius 1 is 1.15 bits per heavy atom. The lowest BCUT2D eigenvalue weighted by Gasteiger charge is -2.33. The second kappa shape index (κ2) is 10.5. The molecule has 3 N–H and O–H groups in total. The summed E-state index contributed by atoms with van der Waals surface area (Å²) < 4.78 is 1.30. The molecule has 0 aliphatic carbocycles. The highest BCUT2D eigenvalue weighted by Gasteiger charge is 2.15. The van der Waals surface area contributed by atoms with E-state index in [1.54, 1.807) is 19.1 Å². The van der Waals surface area contributed by atoms with Gasteiger partial charge in [0, 0.05) is 38.0 Å². The Morgan fingerprint density at radius 2 is 1.94 bits per heavy atom. The maximum Gasteiger partial charge on any atom is 0.148 e. The van der Waals surface area contributed by atoms with Crippen LogP contribution in [0.15, 0.2) is 47.8 Å². The average Bonchev–Trinajstić information content (AvgIpc) is 2.84. The number of rotatable bonds is 7. The standard InChI is InChI=1S/C24H30N8O2/c1-17(29-34-12-11-33)21-5-6-23(25)32(28-21)24(26)14-18-3-4-22-19(13-18)15-20(16-27-22)31-9-7-30(2)8-10-31/h3-6,13,15-16,25-26,33H,7-12,14H2,1-2H3/b25-23?,26-24?,29-17+. The molecule has 34 heavy (non-hydrogen) atoms. The molecule has 1 aliphatic rings. The van der Waals surface area contributed by atoms with Crippen LogP contribution in [0.4, 0.5) is 5.69 Å². The van der Waals surface area contributed by atoms with Crippen LogP contribution in [0.1, 0.15) is 18.2 Å². The fourth-order valence-corrected chi connectivity index (χ4v) is 3.84. The molecule has 1 saturated heterocycles. The van der Waals surface area contributed by atoms with E-state index in [0.29, 0.717) is 17.8 Å². The molecule has 2 aromatic heterocycles. The van der Waals surface area contributed by atoms with Gasteiger partial charge in [-0.2, -0.15) is 5.10 Å². The number of oxime groups is 1. The number of fused-ring (bicyclic) bond motifs is 1. The highest BCUT2D eigenvalue weighted by Crippen LogP contribution is 2.22. The van der Waals surface area contributed by atoms with Gasteiger partial charge in [0.25, 0.3) is 0 Å². The third-order valence-corrected chi connectivity index (χ3v) is 5.82. The Balaban J connectivity index is 1.54. The fourth-order valence-electron chi connectivity index (χ4n) is 3.84. The zero-order valence-electron chi connectivity index (χ0n) is 19.5. The first-order valence-corrected chi connectivity index (χ1v) is 11.3. The molecule has 0 unspecified atom stereocenters. The van der Waals surface area contributed by atoms with Gasteiger partial charge in [0.15, 0.2) is 0 Å². The van der Waals surface area contributed by atoms with Crippen LogP contribution in [0.25, 0.3) is 10.9 Å². The SMILES string of the molecule is C/C(=N\OCCO)c1ccc(=N)n(C(=N)Cc2ccc3ncc(N4CCN(C)CC4)cc3c2)n1. The minimum Gasteiger partial charge on any atom is -0.393 e. The number of piperazine rings is 1. The van der Waals surface area contributed by atoms with Gasteiger partial charge in [0.1, 0.15) is 29.3 Å². The van der Waals surface area contributed by atoms with Crippen LogP contribution in [0, 0.1) is 10.8 Å². The molecular formula is C24H30N8O2. The van der Waals surface area contributed by atoms with Gasteiger partial charge in [0.05, 0.1) is 24.0 Å². The molecule has 3 aromatic rings. The molecule has 1 fully saturated rings. The van der Waals surface area contributed by atoms with Crippen molar-refractivity contribution in [1.82, 2.24) is 19.7 Å². The summed E-state index contributed by atoms with van der Waals surface area (Å²) in [4.78, 5) is 14.3. The number of hydrogen-bond acceptors (Lipinski definition) is 9. The van der Waals surface area contributed by atoms with Crippen LogP contribution in [0.5, 0.6) is 0 Å². The van der Waals surface area contributed by atoms with E-state index in [-0.39, 0.29) is 24.5 Å². The maximum atomic E-state index is 8.83. The first-order valence-electron chi connectivity index (χ1n) is 11.3. The summed E-state index contributed by atoms with van der Waals surface area (Å²) in [6, 6.07) is 11.4. The summed E-state index contributed by atoms with van der Waals surface area (Å²) in [5, 5.41) is 35.0. The molecule has 0 amide bonds. The molecule has 178 valence electrons. The Kier molecular flexibility index (Phi) is 7.29. The van der Waals surface area contributed by atoms with Gasteiger partial charge in [-0.25, -0.2) is 4.68 Å². The van der Waals surface area contributed by atoms with Gasteiger partial charge in [-0.15, -0.1) is 0 Å². The summed E-state index contributed by atoms with van der Waals surface area (Å²) in [7, 11) is 2.14. The van der Waals surface area contributed by atoms with Gasteiger partial charge in [-0.05, 0) is 49.9 Å². The van der Waals surface area contributed by atoms with Gasteiger partial charge in [-0.3, -0.25) is 15.8 Å². The number of benzene rings is 1. The predicted octanol–water partition coefficient (Wildman–Crippen LogP) is 1.46. The van der Waals surface area contributed by atoms with Crippen LogP contribution in [-0.2, 0) is 11.3 Å². The number of aromatic nitrogens is 3. The van der Waals surface area contributed by atoms with Crippen molar-refractivity contribution in [2.75, 3.05) is 51.3 Å². The maximum absolute atomic E-state index is 8.83. The quantitative estimate of drug-likeness (QED) is 0.211. The van der Waals surface area contributed by atoms with E-state index in [2.05, 4.69) is 44.2 Å². The molecule has 0 radical (unpaired) electrons. The van der Waals surface area contributed by atoms with Crippen molar-refractivity contribution in [3.8, 4) is 0 Å². The topological polar surface area (TPSA) is 127 Å². The lowest BCUT2D eigenvalue weighted by Crippen LogP contribution is -2.44. The summed E-state index contributed by atoms with van der Waals surface area (Å²) in [5.74, 6) is 0.179. The Labute approximate surface area is 198 Å². The predicted molar refractivity (Wildman–Crippen MR) is 132 cm³/mol. The molecule has 0 saturated carbocycles. The van der Waals surface area contributed by atoms with Gasteiger partial charge in [0.2, 0.25) is 0 Å². The van der Waals surface area contributed by atoms with E-state index in [1.165, 1.54) is 4.68 Å². The Bertz CT molecular complexity index is 1260. The molecule has 10 heteroatoms. The zero-order valence-corrected chi connectivity index (χ0v) is 19.5. The first kappa shape index (κ1) is 23.5. The number of nitrogens with one attached hydrogen (secondary N) is 2. The minimum atomic E-state index is -0.126. The number of hydrogen-bond donors (Lipinski definition) is 3. The third kappa shape index (κ3) is 5.46. The number of likely N-dealkylation sites (N-methyl/N-ethyl adjacent to an activating group) is 1. The summed E-state index contributed by atoms with van der Waals surface area (Å²) in [6.07, 6.45) is 2.25. The Hall–Kier alpha value is -3.63. The summed E-state index contributed by atoms with van der Waals surface area (Å²) in [5.41, 5.74) is 4.09. The van der Waals surface area contributed by atoms with Crippen molar-refractivity contribution < 1.29 is 9.94 Å². The molecule has 4 rings (SSSR count). The number of aliphatic hydroxyl groups excluding tert-OH is 1. The molecule has 0 atom stereocenters. The highest BCUT2D eigenvalue weighted by atomic mass is 16.6. The zero-order chi connectivity index (χ0) is 24.1. The van der Waals surface area contributed by atoms with Crippen molar-refractivity contribution in [2.45, 2.75) is 13.3 Å².